The monoisotopic (exact) mass is 171 g/mol. The minimum atomic E-state index is -0.0267. The highest BCUT2D eigenvalue weighted by Crippen LogP contribution is 2.45. The molecule has 1 aliphatic carbocycles. The molecule has 2 nitrogen and oxygen atoms in total. The summed E-state index contributed by atoms with van der Waals surface area (Å²) in [7, 11) is 0. The lowest BCUT2D eigenvalue weighted by atomic mass is 10.1. The fraction of sp³-hybridized carbons (Fsp3) is 0.0909. The SMILES string of the molecule is [O]c1cccc2c1OC1C=CC=C21. The summed E-state index contributed by atoms with van der Waals surface area (Å²) in [5, 5.41) is 11.4. The lowest BCUT2D eigenvalue weighted by Gasteiger charge is -2.02. The summed E-state index contributed by atoms with van der Waals surface area (Å²) in [6.45, 7) is 0. The van der Waals surface area contributed by atoms with Crippen molar-refractivity contribution in [2.75, 3.05) is 0 Å². The first-order valence-corrected chi connectivity index (χ1v) is 4.22. The number of rotatable bonds is 0. The van der Waals surface area contributed by atoms with Gasteiger partial charge in [-0.25, -0.2) is 0 Å². The second kappa shape index (κ2) is 2.16. The Morgan fingerprint density at radius 1 is 1.31 bits per heavy atom. The molecule has 1 atom stereocenters. The molecule has 63 valence electrons. The highest BCUT2D eigenvalue weighted by atomic mass is 16.5. The molecule has 2 heteroatoms. The Kier molecular flexibility index (Phi) is 1.13. The molecule has 2 aliphatic rings. The Morgan fingerprint density at radius 2 is 2.23 bits per heavy atom. The first-order valence-electron chi connectivity index (χ1n) is 4.22. The summed E-state index contributed by atoms with van der Waals surface area (Å²) < 4.78 is 5.49. The van der Waals surface area contributed by atoms with Crippen molar-refractivity contribution in [2.24, 2.45) is 0 Å². The Bertz CT molecular complexity index is 430. The van der Waals surface area contributed by atoms with Crippen LogP contribution in [0.2, 0.25) is 0 Å². The number of allylic oxidation sites excluding steroid dienone is 2. The summed E-state index contributed by atoms with van der Waals surface area (Å²) in [6, 6.07) is 5.23. The van der Waals surface area contributed by atoms with E-state index in [0.29, 0.717) is 5.75 Å². The van der Waals surface area contributed by atoms with Crippen molar-refractivity contribution in [1.82, 2.24) is 0 Å². The molecule has 1 radical (unpaired) electrons. The van der Waals surface area contributed by atoms with Crippen LogP contribution in [0.3, 0.4) is 0 Å². The molecule has 1 unspecified atom stereocenters. The molecule has 0 N–H and O–H groups in total. The van der Waals surface area contributed by atoms with E-state index in [1.807, 2.05) is 24.3 Å². The van der Waals surface area contributed by atoms with Gasteiger partial charge in [0, 0.05) is 11.1 Å². The molecule has 0 fully saturated rings. The molecule has 0 aromatic heterocycles. The number of fused-ring (bicyclic) bond motifs is 3. The van der Waals surface area contributed by atoms with E-state index in [9.17, 15) is 5.11 Å². The van der Waals surface area contributed by atoms with Crippen LogP contribution in [-0.4, -0.2) is 6.10 Å². The Morgan fingerprint density at radius 3 is 3.15 bits per heavy atom. The molecule has 0 saturated heterocycles. The van der Waals surface area contributed by atoms with E-state index in [4.69, 9.17) is 4.74 Å². The topological polar surface area (TPSA) is 29.1 Å². The van der Waals surface area contributed by atoms with Crippen LogP contribution < -0.4 is 4.74 Å². The van der Waals surface area contributed by atoms with Gasteiger partial charge in [0.1, 0.15) is 6.10 Å². The highest BCUT2D eigenvalue weighted by molar-refractivity contribution is 5.83. The average Bonchev–Trinajstić information content (AvgIpc) is 2.65. The molecule has 0 amide bonds. The lowest BCUT2D eigenvalue weighted by molar-refractivity contribution is 0.281. The van der Waals surface area contributed by atoms with Gasteiger partial charge < -0.3 is 4.74 Å². The van der Waals surface area contributed by atoms with Crippen molar-refractivity contribution >= 4 is 5.57 Å². The van der Waals surface area contributed by atoms with Gasteiger partial charge in [0.25, 0.3) is 0 Å². The largest absolute Gasteiger partial charge is 0.477 e. The second-order valence-corrected chi connectivity index (χ2v) is 3.18. The van der Waals surface area contributed by atoms with Crippen LogP contribution in [0.4, 0.5) is 0 Å². The standard InChI is InChI=1S/C11H7O2/c12-9-5-1-4-8-7-3-2-6-10(7)13-11(8)9/h1-6,10H. The van der Waals surface area contributed by atoms with E-state index in [0.717, 1.165) is 11.1 Å². The van der Waals surface area contributed by atoms with Gasteiger partial charge in [-0.3, -0.25) is 5.11 Å². The molecule has 1 aromatic rings. The third kappa shape index (κ3) is 0.773. The maximum absolute atomic E-state index is 11.4. The van der Waals surface area contributed by atoms with Crippen molar-refractivity contribution in [2.45, 2.75) is 6.10 Å². The maximum atomic E-state index is 11.4. The molecular formula is C11H7O2. The van der Waals surface area contributed by atoms with Crippen molar-refractivity contribution in [1.29, 1.82) is 0 Å². The van der Waals surface area contributed by atoms with Gasteiger partial charge in [0.05, 0.1) is 0 Å². The van der Waals surface area contributed by atoms with E-state index in [1.54, 1.807) is 6.07 Å². The van der Waals surface area contributed by atoms with E-state index >= 15 is 0 Å². The molecular weight excluding hydrogens is 164 g/mol. The summed E-state index contributed by atoms with van der Waals surface area (Å²) >= 11 is 0. The van der Waals surface area contributed by atoms with Gasteiger partial charge in [-0.2, -0.15) is 0 Å². The van der Waals surface area contributed by atoms with Crippen LogP contribution in [0, 0.1) is 0 Å². The summed E-state index contributed by atoms with van der Waals surface area (Å²) in [5.41, 5.74) is 2.05. The predicted molar refractivity (Wildman–Crippen MR) is 48.1 cm³/mol. The highest BCUT2D eigenvalue weighted by Gasteiger charge is 2.30. The van der Waals surface area contributed by atoms with Crippen LogP contribution in [0.15, 0.2) is 36.4 Å². The lowest BCUT2D eigenvalue weighted by Crippen LogP contribution is -2.04. The molecule has 0 spiro atoms. The molecule has 0 saturated carbocycles. The minimum absolute atomic E-state index is 0.0231. The van der Waals surface area contributed by atoms with Gasteiger partial charge >= 0.3 is 0 Å². The van der Waals surface area contributed by atoms with E-state index in [2.05, 4.69) is 0 Å². The zero-order valence-corrected chi connectivity index (χ0v) is 6.86. The fourth-order valence-electron chi connectivity index (χ4n) is 1.80. The number of ether oxygens (including phenoxy) is 1. The summed E-state index contributed by atoms with van der Waals surface area (Å²) in [5.74, 6) is 0.476. The van der Waals surface area contributed by atoms with Gasteiger partial charge in [-0.05, 0) is 12.1 Å². The average molecular weight is 171 g/mol. The van der Waals surface area contributed by atoms with Crippen LogP contribution >= 0.6 is 0 Å². The molecule has 13 heavy (non-hydrogen) atoms. The van der Waals surface area contributed by atoms with Crippen molar-refractivity contribution in [3.8, 4) is 11.5 Å². The first-order chi connectivity index (χ1) is 6.36. The van der Waals surface area contributed by atoms with E-state index < -0.39 is 0 Å². The quantitative estimate of drug-likeness (QED) is 0.589. The zero-order chi connectivity index (χ0) is 8.84. The second-order valence-electron chi connectivity index (χ2n) is 3.18. The van der Waals surface area contributed by atoms with Crippen LogP contribution in [0.25, 0.3) is 5.57 Å². The van der Waals surface area contributed by atoms with E-state index in [1.165, 1.54) is 6.07 Å². The smallest absolute Gasteiger partial charge is 0.221 e. The van der Waals surface area contributed by atoms with E-state index in [-0.39, 0.29) is 11.9 Å². The van der Waals surface area contributed by atoms with Crippen molar-refractivity contribution in [3.05, 3.63) is 42.0 Å². The minimum Gasteiger partial charge on any atom is -0.477 e. The third-order valence-corrected chi connectivity index (χ3v) is 2.40. The number of para-hydroxylation sites is 1. The molecule has 1 aliphatic heterocycles. The number of hydrogen-bond donors (Lipinski definition) is 0. The van der Waals surface area contributed by atoms with Gasteiger partial charge in [-0.1, -0.05) is 24.3 Å². The molecule has 0 bridgehead atoms. The Balaban J connectivity index is 2.24. The zero-order valence-electron chi connectivity index (χ0n) is 6.86. The molecule has 1 heterocycles. The van der Waals surface area contributed by atoms with Crippen molar-refractivity contribution in [3.63, 3.8) is 0 Å². The van der Waals surface area contributed by atoms with Crippen LogP contribution in [0.5, 0.6) is 11.5 Å². The Hall–Kier alpha value is -1.70. The third-order valence-electron chi connectivity index (χ3n) is 2.40. The van der Waals surface area contributed by atoms with Crippen LogP contribution in [0.1, 0.15) is 5.56 Å². The van der Waals surface area contributed by atoms with Gasteiger partial charge in [0.2, 0.25) is 5.75 Å². The van der Waals surface area contributed by atoms with Gasteiger partial charge in [0.15, 0.2) is 5.75 Å². The number of benzene rings is 1. The normalized spacial score (nSPS) is 22.2. The van der Waals surface area contributed by atoms with Gasteiger partial charge in [-0.15, -0.1) is 0 Å². The maximum Gasteiger partial charge on any atom is 0.221 e. The van der Waals surface area contributed by atoms with Crippen molar-refractivity contribution < 1.29 is 9.84 Å². The summed E-state index contributed by atoms with van der Waals surface area (Å²) in [6.07, 6.45) is 5.88. The molecule has 1 aromatic carbocycles. The summed E-state index contributed by atoms with van der Waals surface area (Å²) in [4.78, 5) is 0. The first kappa shape index (κ1) is 6.78. The van der Waals surface area contributed by atoms with Crippen LogP contribution in [-0.2, 0) is 5.11 Å². The molecule has 3 rings (SSSR count). The fourth-order valence-corrected chi connectivity index (χ4v) is 1.80. The predicted octanol–water partition coefficient (Wildman–Crippen LogP) is 2.54. The Labute approximate surface area is 75.8 Å². The number of hydrogen-bond acceptors (Lipinski definition) is 1.